The van der Waals surface area contributed by atoms with Gasteiger partial charge >= 0.3 is 0 Å². The van der Waals surface area contributed by atoms with Gasteiger partial charge in [0.2, 0.25) is 5.91 Å². The van der Waals surface area contributed by atoms with Crippen LogP contribution in [0, 0.1) is 5.92 Å². The Morgan fingerprint density at radius 1 is 1.20 bits per heavy atom. The van der Waals surface area contributed by atoms with Gasteiger partial charge in [-0.15, -0.1) is 0 Å². The maximum atomic E-state index is 12.7. The van der Waals surface area contributed by atoms with Gasteiger partial charge in [0.15, 0.2) is 9.84 Å². The summed E-state index contributed by atoms with van der Waals surface area (Å²) in [7, 11) is -3.06. The summed E-state index contributed by atoms with van der Waals surface area (Å²) in [5.74, 6) is 0.653. The van der Waals surface area contributed by atoms with Crippen molar-refractivity contribution in [3.05, 3.63) is 27.9 Å². The summed E-state index contributed by atoms with van der Waals surface area (Å²) in [4.78, 5) is 30.6. The minimum Gasteiger partial charge on any atom is -0.342 e. The van der Waals surface area contributed by atoms with Crippen LogP contribution < -0.4 is 5.56 Å². The fraction of sp³-hybridized carbons (Fsp3) is 0.706. The average molecular weight is 365 g/mol. The normalized spacial score (nSPS) is 28.1. The molecule has 1 aromatic rings. The fourth-order valence-corrected chi connectivity index (χ4v) is 6.16. The SMILES string of the molecule is O=C([C@H]1CCS(=O)(=O)C1)N1CCC[C@@H](c2cc(=O)nc3n2CCC3)C1. The van der Waals surface area contributed by atoms with Crippen molar-refractivity contribution in [1.82, 2.24) is 14.5 Å². The molecule has 0 bridgehead atoms. The number of hydrogen-bond acceptors (Lipinski definition) is 5. The molecule has 1 amide bonds. The molecule has 4 heterocycles. The zero-order valence-electron chi connectivity index (χ0n) is 14.2. The number of nitrogens with zero attached hydrogens (tertiary/aromatic N) is 3. The van der Waals surface area contributed by atoms with Gasteiger partial charge in [0.05, 0.1) is 17.4 Å². The van der Waals surface area contributed by atoms with Gasteiger partial charge in [-0.3, -0.25) is 9.59 Å². The van der Waals surface area contributed by atoms with Crippen LogP contribution in [0.5, 0.6) is 0 Å². The Hall–Kier alpha value is -1.70. The second-order valence-electron chi connectivity index (χ2n) is 7.41. The van der Waals surface area contributed by atoms with Crippen molar-refractivity contribution in [3.8, 4) is 0 Å². The first-order chi connectivity index (χ1) is 11.9. The number of carbonyl (C=O) groups is 1. The van der Waals surface area contributed by atoms with Gasteiger partial charge in [-0.1, -0.05) is 0 Å². The van der Waals surface area contributed by atoms with Gasteiger partial charge in [0, 0.05) is 43.7 Å². The summed E-state index contributed by atoms with van der Waals surface area (Å²) in [5, 5.41) is 0. The van der Waals surface area contributed by atoms with Gasteiger partial charge in [0.1, 0.15) is 5.82 Å². The van der Waals surface area contributed by atoms with Crippen LogP contribution in [-0.2, 0) is 27.6 Å². The average Bonchev–Trinajstić information content (AvgIpc) is 3.19. The molecule has 3 aliphatic rings. The fourth-order valence-electron chi connectivity index (χ4n) is 4.42. The van der Waals surface area contributed by atoms with Gasteiger partial charge in [0.25, 0.3) is 5.56 Å². The molecule has 136 valence electrons. The van der Waals surface area contributed by atoms with E-state index in [1.54, 1.807) is 6.07 Å². The number of likely N-dealkylation sites (tertiary alicyclic amines) is 1. The third-order valence-corrected chi connectivity index (χ3v) is 7.42. The van der Waals surface area contributed by atoms with Crippen molar-refractivity contribution in [3.63, 3.8) is 0 Å². The van der Waals surface area contributed by atoms with Crippen LogP contribution >= 0.6 is 0 Å². The van der Waals surface area contributed by atoms with E-state index < -0.39 is 15.8 Å². The molecule has 3 aliphatic heterocycles. The zero-order chi connectivity index (χ0) is 17.6. The van der Waals surface area contributed by atoms with E-state index in [9.17, 15) is 18.0 Å². The number of aromatic nitrogens is 2. The van der Waals surface area contributed by atoms with E-state index in [1.165, 1.54) is 0 Å². The maximum Gasteiger partial charge on any atom is 0.273 e. The molecule has 0 aromatic carbocycles. The summed E-state index contributed by atoms with van der Waals surface area (Å²) in [6.45, 7) is 2.12. The van der Waals surface area contributed by atoms with E-state index in [-0.39, 0.29) is 28.9 Å². The minimum atomic E-state index is -3.06. The quantitative estimate of drug-likeness (QED) is 0.753. The Balaban J connectivity index is 1.54. The number of rotatable bonds is 2. The lowest BCUT2D eigenvalue weighted by Crippen LogP contribution is -2.43. The van der Waals surface area contributed by atoms with Crippen molar-refractivity contribution in [2.75, 3.05) is 24.6 Å². The Bertz CT molecular complexity index is 861. The number of carbonyl (C=O) groups excluding carboxylic acids is 1. The monoisotopic (exact) mass is 365 g/mol. The topological polar surface area (TPSA) is 89.3 Å². The predicted molar refractivity (Wildman–Crippen MR) is 92.1 cm³/mol. The van der Waals surface area contributed by atoms with Crippen molar-refractivity contribution < 1.29 is 13.2 Å². The molecule has 8 heteroatoms. The third-order valence-electron chi connectivity index (χ3n) is 5.65. The van der Waals surface area contributed by atoms with E-state index >= 15 is 0 Å². The molecule has 25 heavy (non-hydrogen) atoms. The molecule has 2 atom stereocenters. The number of amides is 1. The van der Waals surface area contributed by atoms with Crippen LogP contribution in [-0.4, -0.2) is 53.4 Å². The number of aryl methyl sites for hydroxylation is 1. The van der Waals surface area contributed by atoms with Crippen molar-refractivity contribution in [2.24, 2.45) is 5.92 Å². The van der Waals surface area contributed by atoms with Gasteiger partial charge < -0.3 is 9.47 Å². The molecule has 0 aliphatic carbocycles. The highest BCUT2D eigenvalue weighted by Crippen LogP contribution is 2.30. The van der Waals surface area contributed by atoms with Crippen molar-refractivity contribution in [1.29, 1.82) is 0 Å². The van der Waals surface area contributed by atoms with E-state index in [4.69, 9.17) is 0 Å². The van der Waals surface area contributed by atoms with E-state index in [1.807, 2.05) is 4.90 Å². The third kappa shape index (κ3) is 3.23. The Morgan fingerprint density at radius 2 is 2.04 bits per heavy atom. The van der Waals surface area contributed by atoms with Gasteiger partial charge in [-0.2, -0.15) is 4.98 Å². The highest BCUT2D eigenvalue weighted by Gasteiger charge is 2.37. The predicted octanol–water partition coefficient (Wildman–Crippen LogP) is 0.330. The standard InChI is InChI=1S/C17H23N3O4S/c21-16-9-14(20-7-2-4-15(20)18-16)12-3-1-6-19(10-12)17(22)13-5-8-25(23,24)11-13/h9,12-13H,1-8,10-11H2/t12-,13+/m1/s1. The lowest BCUT2D eigenvalue weighted by Gasteiger charge is -2.35. The summed E-state index contributed by atoms with van der Waals surface area (Å²) >= 11 is 0. The first kappa shape index (κ1) is 16.8. The Labute approximate surface area is 147 Å². The van der Waals surface area contributed by atoms with E-state index in [2.05, 4.69) is 9.55 Å². The van der Waals surface area contributed by atoms with Gasteiger partial charge in [-0.05, 0) is 25.7 Å². The minimum absolute atomic E-state index is 0.0168. The van der Waals surface area contributed by atoms with Crippen LogP contribution in [0.4, 0.5) is 0 Å². The zero-order valence-corrected chi connectivity index (χ0v) is 15.0. The molecular weight excluding hydrogens is 342 g/mol. The molecule has 1 aromatic heterocycles. The van der Waals surface area contributed by atoms with Crippen LogP contribution in [0.1, 0.15) is 43.1 Å². The summed E-state index contributed by atoms with van der Waals surface area (Å²) in [6.07, 6.45) is 4.08. The maximum absolute atomic E-state index is 12.7. The smallest absolute Gasteiger partial charge is 0.273 e. The lowest BCUT2D eigenvalue weighted by atomic mass is 9.93. The van der Waals surface area contributed by atoms with Crippen LogP contribution in [0.25, 0.3) is 0 Å². The highest BCUT2D eigenvalue weighted by molar-refractivity contribution is 7.91. The summed E-state index contributed by atoms with van der Waals surface area (Å²) in [5.41, 5.74) is 0.789. The van der Waals surface area contributed by atoms with Crippen molar-refractivity contribution >= 4 is 15.7 Å². The second kappa shape index (κ2) is 6.23. The van der Waals surface area contributed by atoms with Crippen LogP contribution in [0.15, 0.2) is 10.9 Å². The number of sulfone groups is 1. The van der Waals surface area contributed by atoms with Crippen LogP contribution in [0.3, 0.4) is 0 Å². The molecule has 2 saturated heterocycles. The van der Waals surface area contributed by atoms with Crippen LogP contribution in [0.2, 0.25) is 0 Å². The molecule has 7 nitrogen and oxygen atoms in total. The summed E-state index contributed by atoms with van der Waals surface area (Å²) in [6, 6.07) is 1.62. The molecule has 0 spiro atoms. The number of hydrogen-bond donors (Lipinski definition) is 0. The largest absolute Gasteiger partial charge is 0.342 e. The van der Waals surface area contributed by atoms with Gasteiger partial charge in [-0.25, -0.2) is 8.42 Å². The molecule has 0 saturated carbocycles. The molecule has 0 N–H and O–H groups in total. The first-order valence-corrected chi connectivity index (χ1v) is 10.8. The summed E-state index contributed by atoms with van der Waals surface area (Å²) < 4.78 is 25.5. The Morgan fingerprint density at radius 3 is 2.80 bits per heavy atom. The number of fused-ring (bicyclic) bond motifs is 1. The van der Waals surface area contributed by atoms with E-state index in [0.717, 1.165) is 43.7 Å². The second-order valence-corrected chi connectivity index (χ2v) is 9.64. The molecule has 2 fully saturated rings. The molecule has 4 rings (SSSR count). The molecule has 0 unspecified atom stereocenters. The molecular formula is C17H23N3O4S. The number of piperidine rings is 1. The first-order valence-electron chi connectivity index (χ1n) is 9.03. The lowest BCUT2D eigenvalue weighted by molar-refractivity contribution is -0.136. The highest BCUT2D eigenvalue weighted by atomic mass is 32.2. The Kier molecular flexibility index (Phi) is 4.17. The van der Waals surface area contributed by atoms with Crippen molar-refractivity contribution in [2.45, 2.75) is 44.6 Å². The van der Waals surface area contributed by atoms with E-state index in [0.29, 0.717) is 19.5 Å². The molecule has 0 radical (unpaired) electrons.